The summed E-state index contributed by atoms with van der Waals surface area (Å²) in [6.45, 7) is 0.212. The number of rotatable bonds is 4. The maximum atomic E-state index is 10.7. The van der Waals surface area contributed by atoms with E-state index >= 15 is 0 Å². The van der Waals surface area contributed by atoms with Crippen molar-refractivity contribution in [3.63, 3.8) is 0 Å². The van der Waals surface area contributed by atoms with Gasteiger partial charge in [0, 0.05) is 6.61 Å². The average Bonchev–Trinajstić information content (AvgIpc) is 1.69. The summed E-state index contributed by atoms with van der Waals surface area (Å²) in [6, 6.07) is 0. The van der Waals surface area contributed by atoms with Crippen LogP contribution in [-0.2, 0) is 4.94 Å². The van der Waals surface area contributed by atoms with Gasteiger partial charge in [-0.2, -0.15) is 4.94 Å². The van der Waals surface area contributed by atoms with E-state index in [1.165, 1.54) is 0 Å². The van der Waals surface area contributed by atoms with Crippen LogP contribution in [0.4, 0.5) is 4.53 Å². The Kier molecular flexibility index (Phi) is 5.72. The molecular formula is C4H9FO2. The van der Waals surface area contributed by atoms with Gasteiger partial charge in [-0.3, -0.25) is 0 Å². The molecule has 0 aliphatic rings. The first-order valence-electron chi connectivity index (χ1n) is 2.26. The summed E-state index contributed by atoms with van der Waals surface area (Å²) in [5.74, 6) is 0. The summed E-state index contributed by atoms with van der Waals surface area (Å²) in [4.78, 5) is 3.23. The Morgan fingerprint density at radius 1 is 1.43 bits per heavy atom. The Morgan fingerprint density at radius 2 is 2.14 bits per heavy atom. The third kappa shape index (κ3) is 5.85. The average molecular weight is 108 g/mol. The molecule has 3 heteroatoms. The molecule has 0 fully saturated rings. The maximum Gasteiger partial charge on any atom is 0.0877 e. The van der Waals surface area contributed by atoms with Crippen LogP contribution in [0.25, 0.3) is 0 Å². The maximum absolute atomic E-state index is 10.7. The number of hydrogen-bond acceptors (Lipinski definition) is 2. The van der Waals surface area contributed by atoms with E-state index in [0.717, 1.165) is 0 Å². The lowest BCUT2D eigenvalue weighted by atomic mass is 10.3. The standard InChI is InChI=1S/C4H9FO2/c5-7-4-2-1-3-6/h6H,1-4H2. The highest BCUT2D eigenvalue weighted by Crippen LogP contribution is 1.86. The smallest absolute Gasteiger partial charge is 0.0877 e. The number of aliphatic hydroxyl groups is 1. The molecular weight excluding hydrogens is 99.0 g/mol. The number of aliphatic hydroxyl groups excluding tert-OH is 1. The zero-order valence-corrected chi connectivity index (χ0v) is 4.06. The molecule has 0 saturated heterocycles. The highest BCUT2D eigenvalue weighted by molar-refractivity contribution is 4.31. The summed E-state index contributed by atoms with van der Waals surface area (Å²) < 4.78 is 10.7. The van der Waals surface area contributed by atoms with E-state index in [1.54, 1.807) is 0 Å². The topological polar surface area (TPSA) is 29.5 Å². The SMILES string of the molecule is OCCCCOF. The van der Waals surface area contributed by atoms with Gasteiger partial charge in [0.2, 0.25) is 0 Å². The van der Waals surface area contributed by atoms with E-state index in [2.05, 4.69) is 4.94 Å². The van der Waals surface area contributed by atoms with Gasteiger partial charge in [-0.25, -0.2) is 0 Å². The van der Waals surface area contributed by atoms with Crippen molar-refractivity contribution in [1.29, 1.82) is 0 Å². The van der Waals surface area contributed by atoms with Crippen molar-refractivity contribution in [3.05, 3.63) is 0 Å². The Labute approximate surface area is 41.8 Å². The van der Waals surface area contributed by atoms with Crippen LogP contribution >= 0.6 is 0 Å². The molecule has 0 atom stereocenters. The quantitative estimate of drug-likeness (QED) is 0.536. The predicted molar refractivity (Wildman–Crippen MR) is 23.4 cm³/mol. The van der Waals surface area contributed by atoms with Gasteiger partial charge < -0.3 is 5.11 Å². The lowest BCUT2D eigenvalue weighted by molar-refractivity contribution is -0.133. The summed E-state index contributed by atoms with van der Waals surface area (Å²) in [5.41, 5.74) is 0. The summed E-state index contributed by atoms with van der Waals surface area (Å²) >= 11 is 0. The van der Waals surface area contributed by atoms with Crippen LogP contribution in [0, 0.1) is 0 Å². The molecule has 0 unspecified atom stereocenters. The van der Waals surface area contributed by atoms with Crippen molar-refractivity contribution in [2.24, 2.45) is 0 Å². The van der Waals surface area contributed by atoms with Gasteiger partial charge in [0.1, 0.15) is 0 Å². The van der Waals surface area contributed by atoms with Gasteiger partial charge >= 0.3 is 0 Å². The summed E-state index contributed by atoms with van der Waals surface area (Å²) in [5, 5.41) is 8.11. The van der Waals surface area contributed by atoms with E-state index in [1.807, 2.05) is 0 Å². The van der Waals surface area contributed by atoms with E-state index in [9.17, 15) is 4.53 Å². The molecule has 0 aromatic heterocycles. The van der Waals surface area contributed by atoms with Crippen LogP contribution in [0.2, 0.25) is 0 Å². The molecule has 0 aliphatic heterocycles. The van der Waals surface area contributed by atoms with Gasteiger partial charge in [-0.1, -0.05) is 0 Å². The zero-order chi connectivity index (χ0) is 5.54. The van der Waals surface area contributed by atoms with Gasteiger partial charge in [0.15, 0.2) is 0 Å². The Morgan fingerprint density at radius 3 is 2.57 bits per heavy atom. The highest BCUT2D eigenvalue weighted by Gasteiger charge is 1.83. The Balaban J connectivity index is 2.45. The lowest BCUT2D eigenvalue weighted by Gasteiger charge is -1.88. The third-order valence-electron chi connectivity index (χ3n) is 0.630. The van der Waals surface area contributed by atoms with Crippen LogP contribution in [0.1, 0.15) is 12.8 Å². The van der Waals surface area contributed by atoms with Crippen LogP contribution in [0.5, 0.6) is 0 Å². The zero-order valence-electron chi connectivity index (χ0n) is 4.06. The van der Waals surface area contributed by atoms with Gasteiger partial charge in [0.05, 0.1) is 6.61 Å². The molecule has 44 valence electrons. The minimum absolute atomic E-state index is 0.0978. The third-order valence-corrected chi connectivity index (χ3v) is 0.630. The fraction of sp³-hybridized carbons (Fsp3) is 1.00. The van der Waals surface area contributed by atoms with Crippen molar-refractivity contribution in [2.45, 2.75) is 12.8 Å². The highest BCUT2D eigenvalue weighted by atomic mass is 19.3. The number of hydrogen-bond donors (Lipinski definition) is 1. The molecule has 1 N–H and O–H groups in total. The molecule has 0 amide bonds. The molecule has 0 aromatic carbocycles. The normalized spacial score (nSPS) is 9.43. The van der Waals surface area contributed by atoms with Gasteiger partial charge in [-0.15, -0.1) is 0 Å². The summed E-state index contributed by atoms with van der Waals surface area (Å²) in [6.07, 6.45) is 1.21. The van der Waals surface area contributed by atoms with Crippen LogP contribution < -0.4 is 0 Å². The monoisotopic (exact) mass is 108 g/mol. The lowest BCUT2D eigenvalue weighted by Crippen LogP contribution is -1.87. The fourth-order valence-electron chi connectivity index (χ4n) is 0.268. The second-order valence-electron chi connectivity index (χ2n) is 1.24. The molecule has 0 saturated carbocycles. The molecule has 0 aromatic rings. The second-order valence-corrected chi connectivity index (χ2v) is 1.24. The van der Waals surface area contributed by atoms with Crippen molar-refractivity contribution >= 4 is 0 Å². The molecule has 0 aliphatic carbocycles. The Hall–Kier alpha value is -0.150. The van der Waals surface area contributed by atoms with E-state index in [-0.39, 0.29) is 13.2 Å². The van der Waals surface area contributed by atoms with Gasteiger partial charge in [0.25, 0.3) is 0 Å². The van der Waals surface area contributed by atoms with Crippen LogP contribution in [-0.4, -0.2) is 18.3 Å². The molecule has 7 heavy (non-hydrogen) atoms. The first-order chi connectivity index (χ1) is 3.41. The number of unbranched alkanes of at least 4 members (excludes halogenated alkanes) is 1. The first-order valence-corrected chi connectivity index (χ1v) is 2.26. The van der Waals surface area contributed by atoms with Crippen LogP contribution in [0.15, 0.2) is 0 Å². The Bertz CT molecular complexity index is 28.9. The predicted octanol–water partition coefficient (Wildman–Crippen LogP) is 0.660. The van der Waals surface area contributed by atoms with Crippen LogP contribution in [0.3, 0.4) is 0 Å². The second kappa shape index (κ2) is 5.85. The molecule has 0 bridgehead atoms. The fourth-order valence-corrected chi connectivity index (χ4v) is 0.268. The summed E-state index contributed by atoms with van der Waals surface area (Å²) in [7, 11) is 0. The van der Waals surface area contributed by atoms with Crippen molar-refractivity contribution in [3.8, 4) is 0 Å². The molecule has 0 radical (unpaired) electrons. The largest absolute Gasteiger partial charge is 0.396 e. The van der Waals surface area contributed by atoms with E-state index in [4.69, 9.17) is 5.11 Å². The minimum atomic E-state index is 0.0978. The molecule has 0 spiro atoms. The molecule has 0 rings (SSSR count). The van der Waals surface area contributed by atoms with E-state index < -0.39 is 0 Å². The number of halogens is 1. The van der Waals surface area contributed by atoms with Crippen molar-refractivity contribution < 1.29 is 14.6 Å². The van der Waals surface area contributed by atoms with E-state index in [0.29, 0.717) is 12.8 Å². The molecule has 0 heterocycles. The van der Waals surface area contributed by atoms with Gasteiger partial charge in [-0.05, 0) is 17.4 Å². The van der Waals surface area contributed by atoms with Crippen molar-refractivity contribution in [1.82, 2.24) is 0 Å². The minimum Gasteiger partial charge on any atom is -0.396 e. The first kappa shape index (κ1) is 6.85. The van der Waals surface area contributed by atoms with Crippen molar-refractivity contribution in [2.75, 3.05) is 13.2 Å². The molecule has 2 nitrogen and oxygen atoms in total.